The van der Waals surface area contributed by atoms with E-state index in [2.05, 4.69) is 36.6 Å². The SMILES string of the molecule is Cc1cc(Cl)cc(C(=O)NC2CS(=O)(=O)C2)c1NC(=O)C1CC(Br)=NN1c1ncccc1Cl. The highest BCUT2D eigenvalue weighted by Gasteiger charge is 2.37. The van der Waals surface area contributed by atoms with Crippen molar-refractivity contribution >= 4 is 76.9 Å². The molecule has 0 radical (unpaired) electrons. The molecule has 33 heavy (non-hydrogen) atoms. The fraction of sp³-hybridized carbons (Fsp3) is 0.300. The van der Waals surface area contributed by atoms with Crippen molar-refractivity contribution in [3.63, 3.8) is 0 Å². The van der Waals surface area contributed by atoms with E-state index in [1.165, 1.54) is 11.1 Å². The lowest BCUT2D eigenvalue weighted by Gasteiger charge is -2.27. The molecule has 3 heterocycles. The highest BCUT2D eigenvalue weighted by atomic mass is 79.9. The molecule has 2 aromatic rings. The third-order valence-electron chi connectivity index (χ3n) is 5.17. The van der Waals surface area contributed by atoms with Crippen LogP contribution in [0.3, 0.4) is 0 Å². The number of carbonyl (C=O) groups is 2. The minimum atomic E-state index is -3.11. The monoisotopic (exact) mass is 573 g/mol. The Morgan fingerprint density at radius 1 is 1.24 bits per heavy atom. The Hall–Kier alpha value is -2.21. The Kier molecular flexibility index (Phi) is 6.68. The summed E-state index contributed by atoms with van der Waals surface area (Å²) in [6.45, 7) is 1.71. The third kappa shape index (κ3) is 5.16. The molecule has 0 bridgehead atoms. The molecule has 4 rings (SSSR count). The number of aromatic nitrogens is 1. The van der Waals surface area contributed by atoms with Crippen molar-refractivity contribution in [3.8, 4) is 0 Å². The van der Waals surface area contributed by atoms with Gasteiger partial charge in [0.2, 0.25) is 5.91 Å². The van der Waals surface area contributed by atoms with E-state index in [1.54, 1.807) is 31.3 Å². The number of sulfone groups is 1. The van der Waals surface area contributed by atoms with E-state index in [0.717, 1.165) is 0 Å². The molecule has 1 saturated heterocycles. The van der Waals surface area contributed by atoms with Crippen LogP contribution in [0.15, 0.2) is 35.6 Å². The van der Waals surface area contributed by atoms with Crippen LogP contribution >= 0.6 is 39.1 Å². The van der Waals surface area contributed by atoms with Gasteiger partial charge in [0.25, 0.3) is 5.91 Å². The topological polar surface area (TPSA) is 121 Å². The number of anilines is 2. The molecule has 2 N–H and O–H groups in total. The first-order chi connectivity index (χ1) is 15.5. The summed E-state index contributed by atoms with van der Waals surface area (Å²) in [6.07, 6.45) is 1.82. The second kappa shape index (κ2) is 9.21. The highest BCUT2D eigenvalue weighted by molar-refractivity contribution is 9.18. The maximum absolute atomic E-state index is 13.3. The van der Waals surface area contributed by atoms with Gasteiger partial charge in [-0.2, -0.15) is 5.10 Å². The first kappa shape index (κ1) is 23.9. The molecule has 0 spiro atoms. The Labute approximate surface area is 208 Å². The number of pyridine rings is 1. The van der Waals surface area contributed by atoms with Gasteiger partial charge in [-0.1, -0.05) is 23.2 Å². The summed E-state index contributed by atoms with van der Waals surface area (Å²) in [4.78, 5) is 30.4. The Morgan fingerprint density at radius 3 is 2.64 bits per heavy atom. The Balaban J connectivity index is 1.59. The number of carbonyl (C=O) groups excluding carboxylic acids is 2. The zero-order valence-electron chi connectivity index (χ0n) is 17.2. The maximum atomic E-state index is 13.3. The molecule has 2 aliphatic heterocycles. The van der Waals surface area contributed by atoms with E-state index in [9.17, 15) is 18.0 Å². The van der Waals surface area contributed by atoms with Crippen LogP contribution < -0.4 is 15.6 Å². The molecule has 1 aromatic carbocycles. The molecule has 13 heteroatoms. The minimum absolute atomic E-state index is 0.118. The Morgan fingerprint density at radius 2 is 1.97 bits per heavy atom. The number of amides is 2. The Bertz CT molecular complexity index is 1280. The molecule has 2 aliphatic rings. The van der Waals surface area contributed by atoms with Crippen LogP contribution in [-0.4, -0.2) is 53.4 Å². The van der Waals surface area contributed by atoms with Crippen LogP contribution in [0.1, 0.15) is 22.3 Å². The van der Waals surface area contributed by atoms with Crippen molar-refractivity contribution in [3.05, 3.63) is 51.6 Å². The molecule has 174 valence electrons. The molecule has 0 aliphatic carbocycles. The van der Waals surface area contributed by atoms with Gasteiger partial charge in [0.15, 0.2) is 15.7 Å². The second-order valence-electron chi connectivity index (χ2n) is 7.73. The molecular formula is C20H18BrCl2N5O4S. The third-order valence-corrected chi connectivity index (χ3v) is 7.99. The van der Waals surface area contributed by atoms with Gasteiger partial charge in [-0.3, -0.25) is 9.59 Å². The van der Waals surface area contributed by atoms with E-state index >= 15 is 0 Å². The zero-order chi connectivity index (χ0) is 23.9. The van der Waals surface area contributed by atoms with E-state index in [0.29, 0.717) is 26.0 Å². The van der Waals surface area contributed by atoms with Gasteiger partial charge in [-0.15, -0.1) is 0 Å². The molecule has 1 aromatic heterocycles. The fourth-order valence-corrected chi connectivity index (χ4v) is 5.88. The van der Waals surface area contributed by atoms with E-state index in [4.69, 9.17) is 23.2 Å². The van der Waals surface area contributed by atoms with Crippen LogP contribution in [-0.2, 0) is 14.6 Å². The van der Waals surface area contributed by atoms with Crippen molar-refractivity contribution in [2.45, 2.75) is 25.4 Å². The average Bonchev–Trinajstić information content (AvgIpc) is 3.10. The minimum Gasteiger partial charge on any atom is -0.347 e. The van der Waals surface area contributed by atoms with Crippen molar-refractivity contribution in [2.75, 3.05) is 21.8 Å². The zero-order valence-corrected chi connectivity index (χ0v) is 21.1. The summed E-state index contributed by atoms with van der Waals surface area (Å²) < 4.78 is 23.4. The van der Waals surface area contributed by atoms with Crippen molar-refractivity contribution in [2.24, 2.45) is 5.10 Å². The molecule has 1 fully saturated rings. The van der Waals surface area contributed by atoms with Crippen LogP contribution in [0.2, 0.25) is 10.0 Å². The van der Waals surface area contributed by atoms with Gasteiger partial charge in [-0.05, 0) is 52.7 Å². The molecule has 9 nitrogen and oxygen atoms in total. The van der Waals surface area contributed by atoms with Crippen molar-refractivity contribution in [1.29, 1.82) is 0 Å². The fourth-order valence-electron chi connectivity index (χ4n) is 3.62. The summed E-state index contributed by atoms with van der Waals surface area (Å²) in [5.74, 6) is -0.865. The summed E-state index contributed by atoms with van der Waals surface area (Å²) >= 11 is 15.7. The standard InChI is InChI=1S/C20H18BrCl2N5O4S/c1-10-5-11(22)6-13(19(29)25-12-8-33(31,32)9-12)17(10)26-20(30)15-7-16(21)27-28(15)18-14(23)3-2-4-24-18/h2-6,12,15H,7-9H2,1H3,(H,25,29)(H,26,30). The van der Waals surface area contributed by atoms with Crippen LogP contribution in [0.5, 0.6) is 0 Å². The van der Waals surface area contributed by atoms with Crippen LogP contribution in [0, 0.1) is 6.92 Å². The number of nitrogens with zero attached hydrogens (tertiary/aromatic N) is 3. The number of hydrogen-bond donors (Lipinski definition) is 2. The summed E-state index contributed by atoms with van der Waals surface area (Å²) in [7, 11) is -3.11. The second-order valence-corrected chi connectivity index (χ2v) is 11.6. The quantitative estimate of drug-likeness (QED) is 0.566. The van der Waals surface area contributed by atoms with E-state index < -0.39 is 33.7 Å². The van der Waals surface area contributed by atoms with Crippen molar-refractivity contribution in [1.82, 2.24) is 10.3 Å². The lowest BCUT2D eigenvalue weighted by molar-refractivity contribution is -0.117. The highest BCUT2D eigenvalue weighted by Crippen LogP contribution is 2.32. The largest absolute Gasteiger partial charge is 0.347 e. The van der Waals surface area contributed by atoms with E-state index in [-0.39, 0.29) is 29.2 Å². The molecule has 1 unspecified atom stereocenters. The molecular weight excluding hydrogens is 557 g/mol. The van der Waals surface area contributed by atoms with Crippen molar-refractivity contribution < 1.29 is 18.0 Å². The summed E-state index contributed by atoms with van der Waals surface area (Å²) in [6, 6.07) is 5.12. The number of hydrazone groups is 1. The number of hydrogen-bond acceptors (Lipinski definition) is 7. The van der Waals surface area contributed by atoms with E-state index in [1.807, 2.05) is 0 Å². The van der Waals surface area contributed by atoms with Gasteiger partial charge in [0.1, 0.15) is 10.7 Å². The molecule has 0 saturated carbocycles. The van der Waals surface area contributed by atoms with Crippen LogP contribution in [0.25, 0.3) is 0 Å². The van der Waals surface area contributed by atoms with Gasteiger partial charge < -0.3 is 10.6 Å². The number of halogens is 3. The predicted molar refractivity (Wildman–Crippen MR) is 131 cm³/mol. The number of benzene rings is 1. The molecule has 1 atom stereocenters. The number of aryl methyl sites for hydroxylation is 1. The summed E-state index contributed by atoms with van der Waals surface area (Å²) in [5.41, 5.74) is 0.986. The average molecular weight is 575 g/mol. The van der Waals surface area contributed by atoms with Gasteiger partial charge in [0, 0.05) is 17.6 Å². The number of nitrogens with one attached hydrogen (secondary N) is 2. The predicted octanol–water partition coefficient (Wildman–Crippen LogP) is 3.15. The molecule has 2 amide bonds. The van der Waals surface area contributed by atoms with Gasteiger partial charge >= 0.3 is 0 Å². The van der Waals surface area contributed by atoms with Gasteiger partial charge in [0.05, 0.1) is 33.8 Å². The van der Waals surface area contributed by atoms with Gasteiger partial charge in [-0.25, -0.2) is 18.4 Å². The smallest absolute Gasteiger partial charge is 0.253 e. The van der Waals surface area contributed by atoms with Crippen LogP contribution in [0.4, 0.5) is 11.5 Å². The lowest BCUT2D eigenvalue weighted by atomic mass is 10.1. The first-order valence-electron chi connectivity index (χ1n) is 9.79. The lowest BCUT2D eigenvalue weighted by Crippen LogP contribution is -2.53. The maximum Gasteiger partial charge on any atom is 0.253 e. The normalized spacial score (nSPS) is 19.6. The summed E-state index contributed by atoms with van der Waals surface area (Å²) in [5, 5.41) is 11.9. The first-order valence-corrected chi connectivity index (χ1v) is 13.2. The number of rotatable bonds is 5.